The molecular weight excluding hydrogens is 364 g/mol. The number of piperidine rings is 1. The molecule has 2 aromatic heterocycles. The van der Waals surface area contributed by atoms with Crippen LogP contribution in [0.2, 0.25) is 0 Å². The Labute approximate surface area is 171 Å². The average molecular weight is 393 g/mol. The highest BCUT2D eigenvalue weighted by atomic mass is 16.2. The van der Waals surface area contributed by atoms with Crippen LogP contribution in [0.15, 0.2) is 43.0 Å². The number of pyridine rings is 1. The third-order valence-electron chi connectivity index (χ3n) is 6.61. The van der Waals surface area contributed by atoms with E-state index in [1.807, 2.05) is 18.3 Å². The van der Waals surface area contributed by atoms with Crippen LogP contribution in [0, 0.1) is 11.3 Å². The van der Waals surface area contributed by atoms with E-state index in [0.717, 1.165) is 51.5 Å². The van der Waals surface area contributed by atoms with E-state index < -0.39 is 5.41 Å². The van der Waals surface area contributed by atoms with Gasteiger partial charge in [0.1, 0.15) is 0 Å². The minimum atomic E-state index is -0.408. The molecule has 2 saturated heterocycles. The number of anilines is 1. The van der Waals surface area contributed by atoms with Gasteiger partial charge in [-0.05, 0) is 49.3 Å². The lowest BCUT2D eigenvalue weighted by atomic mass is 9.74. The van der Waals surface area contributed by atoms with Crippen LogP contribution in [0.5, 0.6) is 0 Å². The van der Waals surface area contributed by atoms with Gasteiger partial charge in [0.2, 0.25) is 11.9 Å². The van der Waals surface area contributed by atoms with Crippen LogP contribution >= 0.6 is 0 Å². The Morgan fingerprint density at radius 2 is 2.07 bits per heavy atom. The fourth-order valence-corrected chi connectivity index (χ4v) is 4.97. The molecule has 1 N–H and O–H groups in total. The maximum absolute atomic E-state index is 13.5. The Hall–Kier alpha value is -2.54. The molecule has 0 bridgehead atoms. The Morgan fingerprint density at radius 1 is 1.21 bits per heavy atom. The fourth-order valence-electron chi connectivity index (χ4n) is 4.97. The summed E-state index contributed by atoms with van der Waals surface area (Å²) in [6, 6.07) is 6.01. The first-order chi connectivity index (χ1) is 14.2. The first-order valence-corrected chi connectivity index (χ1v) is 10.7. The first-order valence-electron chi connectivity index (χ1n) is 10.7. The molecule has 1 amide bonds. The summed E-state index contributed by atoms with van der Waals surface area (Å²) in [5.41, 5.74) is 0.774. The zero-order valence-electron chi connectivity index (χ0n) is 16.7. The summed E-state index contributed by atoms with van der Waals surface area (Å²) in [7, 11) is 0. The molecule has 7 nitrogen and oxygen atoms in total. The molecular formula is C22H28N6O. The van der Waals surface area contributed by atoms with Crippen LogP contribution in [0.4, 0.5) is 5.95 Å². The number of amides is 1. The van der Waals surface area contributed by atoms with Crippen LogP contribution in [0.3, 0.4) is 0 Å². The largest absolute Gasteiger partial charge is 0.355 e. The highest BCUT2D eigenvalue weighted by Gasteiger charge is 2.56. The number of hydrogen-bond donors (Lipinski definition) is 1. The molecule has 3 fully saturated rings. The monoisotopic (exact) mass is 392 g/mol. The Morgan fingerprint density at radius 3 is 2.83 bits per heavy atom. The van der Waals surface area contributed by atoms with Gasteiger partial charge in [0.05, 0.1) is 11.5 Å². The van der Waals surface area contributed by atoms with E-state index in [0.29, 0.717) is 5.92 Å². The maximum Gasteiger partial charge on any atom is 0.229 e. The second-order valence-corrected chi connectivity index (χ2v) is 8.70. The van der Waals surface area contributed by atoms with Crippen LogP contribution in [0.25, 0.3) is 0 Å². The molecule has 5 rings (SSSR count). The third-order valence-corrected chi connectivity index (χ3v) is 6.61. The molecule has 152 valence electrons. The van der Waals surface area contributed by atoms with Gasteiger partial charge < -0.3 is 10.2 Å². The fraction of sp³-hybridized carbons (Fsp3) is 0.545. The number of carbonyl (C=O) groups excluding carboxylic acids is 1. The van der Waals surface area contributed by atoms with Gasteiger partial charge >= 0.3 is 0 Å². The molecule has 3 aliphatic rings. The van der Waals surface area contributed by atoms with Crippen molar-refractivity contribution in [2.24, 2.45) is 11.3 Å². The van der Waals surface area contributed by atoms with E-state index in [1.54, 1.807) is 18.6 Å². The van der Waals surface area contributed by atoms with Crippen LogP contribution in [0.1, 0.15) is 31.2 Å². The molecule has 2 aromatic rings. The van der Waals surface area contributed by atoms with Crippen molar-refractivity contribution in [3.05, 3.63) is 48.5 Å². The quantitative estimate of drug-likeness (QED) is 0.809. The number of nitrogens with zero attached hydrogens (tertiary/aromatic N) is 5. The molecule has 0 spiro atoms. The predicted octanol–water partition coefficient (Wildman–Crippen LogP) is 1.87. The lowest BCUT2D eigenvalue weighted by molar-refractivity contribution is -0.132. The summed E-state index contributed by atoms with van der Waals surface area (Å²) >= 11 is 0. The molecule has 4 heterocycles. The molecule has 0 unspecified atom stereocenters. The summed E-state index contributed by atoms with van der Waals surface area (Å²) < 4.78 is 0. The van der Waals surface area contributed by atoms with E-state index in [9.17, 15) is 4.79 Å². The van der Waals surface area contributed by atoms with Crippen LogP contribution in [-0.2, 0) is 11.3 Å². The average Bonchev–Trinajstić information content (AvgIpc) is 3.51. The number of likely N-dealkylation sites (tertiary alicyclic amines) is 1. The Bertz CT molecular complexity index is 843. The van der Waals surface area contributed by atoms with Gasteiger partial charge in [-0.3, -0.25) is 14.7 Å². The maximum atomic E-state index is 13.5. The zero-order valence-corrected chi connectivity index (χ0v) is 16.7. The Kier molecular flexibility index (Phi) is 4.91. The summed E-state index contributed by atoms with van der Waals surface area (Å²) in [6.07, 6.45) is 11.7. The van der Waals surface area contributed by atoms with Crippen LogP contribution in [-0.4, -0.2) is 58.0 Å². The SMILES string of the molecule is O=C(NCC1CC1)[C@@]12CCCN(c3ncccn3)[C@@H]1CN(Cc1cccnc1)C2. The molecule has 2 aliphatic heterocycles. The molecule has 29 heavy (non-hydrogen) atoms. The molecule has 1 aliphatic carbocycles. The zero-order chi connectivity index (χ0) is 19.7. The van der Waals surface area contributed by atoms with E-state index in [1.165, 1.54) is 18.4 Å². The summed E-state index contributed by atoms with van der Waals surface area (Å²) in [4.78, 5) is 31.4. The first kappa shape index (κ1) is 18.5. The summed E-state index contributed by atoms with van der Waals surface area (Å²) in [5, 5.41) is 3.29. The number of rotatable bonds is 6. The van der Waals surface area contributed by atoms with Crippen molar-refractivity contribution >= 4 is 11.9 Å². The lowest BCUT2D eigenvalue weighted by Crippen LogP contribution is -2.59. The van der Waals surface area contributed by atoms with E-state index in [4.69, 9.17) is 0 Å². The van der Waals surface area contributed by atoms with Crippen molar-refractivity contribution in [2.45, 2.75) is 38.3 Å². The topological polar surface area (TPSA) is 74.2 Å². The molecule has 0 aromatic carbocycles. The van der Waals surface area contributed by atoms with E-state index in [-0.39, 0.29) is 11.9 Å². The van der Waals surface area contributed by atoms with Gasteiger partial charge in [-0.1, -0.05) is 6.07 Å². The third kappa shape index (κ3) is 3.71. The van der Waals surface area contributed by atoms with E-state index >= 15 is 0 Å². The van der Waals surface area contributed by atoms with Crippen molar-refractivity contribution in [3.63, 3.8) is 0 Å². The smallest absolute Gasteiger partial charge is 0.229 e. The van der Waals surface area contributed by atoms with Crippen LogP contribution < -0.4 is 10.2 Å². The second-order valence-electron chi connectivity index (χ2n) is 8.70. The van der Waals surface area contributed by atoms with Crippen molar-refractivity contribution in [2.75, 3.05) is 31.1 Å². The highest BCUT2D eigenvalue weighted by molar-refractivity contribution is 5.85. The molecule has 1 saturated carbocycles. The van der Waals surface area contributed by atoms with Gasteiger partial charge in [-0.2, -0.15) is 0 Å². The molecule has 2 atom stereocenters. The Balaban J connectivity index is 1.42. The normalized spacial score (nSPS) is 26.9. The molecule has 7 heteroatoms. The van der Waals surface area contributed by atoms with Gasteiger partial charge in [-0.15, -0.1) is 0 Å². The molecule has 0 radical (unpaired) electrons. The van der Waals surface area contributed by atoms with Gasteiger partial charge in [0.25, 0.3) is 0 Å². The number of hydrogen-bond acceptors (Lipinski definition) is 6. The van der Waals surface area contributed by atoms with E-state index in [2.05, 4.69) is 36.1 Å². The minimum Gasteiger partial charge on any atom is -0.355 e. The van der Waals surface area contributed by atoms with Crippen molar-refractivity contribution < 1.29 is 4.79 Å². The summed E-state index contributed by atoms with van der Waals surface area (Å²) in [6.45, 7) is 4.13. The van der Waals surface area contributed by atoms with Crippen molar-refractivity contribution in [1.82, 2.24) is 25.2 Å². The van der Waals surface area contributed by atoms with Crippen molar-refractivity contribution in [3.8, 4) is 0 Å². The van der Waals surface area contributed by atoms with Gasteiger partial charge in [-0.25, -0.2) is 9.97 Å². The second kappa shape index (κ2) is 7.71. The number of carbonyl (C=O) groups is 1. The predicted molar refractivity (Wildman–Crippen MR) is 110 cm³/mol. The highest BCUT2D eigenvalue weighted by Crippen LogP contribution is 2.44. The number of nitrogens with one attached hydrogen (secondary N) is 1. The van der Waals surface area contributed by atoms with Gasteiger partial charge in [0, 0.05) is 57.5 Å². The lowest BCUT2D eigenvalue weighted by Gasteiger charge is -2.44. The minimum absolute atomic E-state index is 0.0922. The van der Waals surface area contributed by atoms with Crippen molar-refractivity contribution in [1.29, 1.82) is 0 Å². The number of aromatic nitrogens is 3. The van der Waals surface area contributed by atoms with Gasteiger partial charge in [0.15, 0.2) is 0 Å². The number of fused-ring (bicyclic) bond motifs is 1. The summed E-state index contributed by atoms with van der Waals surface area (Å²) in [5.74, 6) is 1.63. The standard InChI is InChI=1S/C22H28N6O/c29-20(26-13-17-5-6-17)22-7-2-11-28(21-24-9-3-10-25-21)19(22)15-27(16-22)14-18-4-1-8-23-12-18/h1,3-4,8-10,12,17,19H,2,5-7,11,13-16H2,(H,26,29)/t19-,22-/m1/s1.